The molecule has 1 fully saturated rings. The number of methoxy groups -OCH3 is 1. The second-order valence-corrected chi connectivity index (χ2v) is 8.57. The minimum absolute atomic E-state index is 0.0107. The van der Waals surface area contributed by atoms with Crippen molar-refractivity contribution in [2.24, 2.45) is 0 Å². The van der Waals surface area contributed by atoms with Crippen LogP contribution in [0.3, 0.4) is 0 Å². The summed E-state index contributed by atoms with van der Waals surface area (Å²) in [5.74, 6) is -4.62. The van der Waals surface area contributed by atoms with Gasteiger partial charge in [0.1, 0.15) is 22.3 Å². The fourth-order valence-corrected chi connectivity index (χ4v) is 4.70. The Morgan fingerprint density at radius 1 is 1.15 bits per heavy atom. The average Bonchev–Trinajstić information content (AvgIpc) is 3.31. The Balaban J connectivity index is 1.95. The van der Waals surface area contributed by atoms with E-state index in [1.807, 2.05) is 0 Å². The molecule has 0 spiro atoms. The van der Waals surface area contributed by atoms with Gasteiger partial charge >= 0.3 is 11.9 Å². The summed E-state index contributed by atoms with van der Waals surface area (Å²) in [5, 5.41) is 11.0. The number of benzene rings is 2. The number of carbonyl (C=O) groups is 3. The molecule has 1 atom stereocenters. The number of Topliss-reactive ketones (excluding diaryl/α,β-unsaturated/α-hetero) is 1. The molecule has 0 aliphatic carbocycles. The highest BCUT2D eigenvalue weighted by molar-refractivity contribution is 7.17. The van der Waals surface area contributed by atoms with Crippen molar-refractivity contribution in [3.63, 3.8) is 0 Å². The topological polar surface area (TPSA) is 96.8 Å². The highest BCUT2D eigenvalue weighted by Gasteiger charge is 2.48. The van der Waals surface area contributed by atoms with Gasteiger partial charge in [-0.2, -0.15) is 0 Å². The van der Waals surface area contributed by atoms with E-state index < -0.39 is 41.1 Å². The van der Waals surface area contributed by atoms with Gasteiger partial charge in [0.15, 0.2) is 5.13 Å². The molecule has 0 saturated carbocycles. The van der Waals surface area contributed by atoms with Crippen LogP contribution in [-0.2, 0) is 14.3 Å². The maximum Gasteiger partial charge on any atom is 0.350 e. The van der Waals surface area contributed by atoms with Crippen LogP contribution in [0.4, 0.5) is 13.9 Å². The molecule has 2 heterocycles. The van der Waals surface area contributed by atoms with Gasteiger partial charge in [-0.25, -0.2) is 18.6 Å². The van der Waals surface area contributed by atoms with E-state index in [9.17, 15) is 28.3 Å². The first kappa shape index (κ1) is 23.2. The van der Waals surface area contributed by atoms with E-state index in [-0.39, 0.29) is 32.4 Å². The maximum atomic E-state index is 14.2. The van der Waals surface area contributed by atoms with Crippen molar-refractivity contribution >= 4 is 39.9 Å². The maximum absolute atomic E-state index is 14.2. The van der Waals surface area contributed by atoms with Crippen LogP contribution in [-0.4, -0.2) is 34.9 Å². The number of aryl methyl sites for hydroxylation is 2. The number of aromatic nitrogens is 1. The lowest BCUT2D eigenvalue weighted by Crippen LogP contribution is -2.29. The molecule has 10 heteroatoms. The molecule has 0 bridgehead atoms. The first-order valence-electron chi connectivity index (χ1n) is 10.0. The molecule has 1 amide bonds. The number of aliphatic hydroxyl groups is 1. The third-order valence-electron chi connectivity index (χ3n) is 5.42. The van der Waals surface area contributed by atoms with E-state index in [0.717, 1.165) is 28.4 Å². The largest absolute Gasteiger partial charge is 0.507 e. The number of hydrogen-bond acceptors (Lipinski definition) is 7. The van der Waals surface area contributed by atoms with Crippen LogP contribution in [0.2, 0.25) is 0 Å². The number of esters is 1. The van der Waals surface area contributed by atoms with Crippen molar-refractivity contribution < 1.29 is 33.0 Å². The monoisotopic (exact) mass is 484 g/mol. The summed E-state index contributed by atoms with van der Waals surface area (Å²) in [7, 11) is 1.20. The second-order valence-electron chi connectivity index (χ2n) is 7.59. The van der Waals surface area contributed by atoms with E-state index in [1.165, 1.54) is 51.3 Å². The Labute approximate surface area is 196 Å². The average molecular weight is 484 g/mol. The minimum atomic E-state index is -1.27. The lowest BCUT2D eigenvalue weighted by atomic mass is 9.95. The van der Waals surface area contributed by atoms with Crippen LogP contribution in [0, 0.1) is 25.5 Å². The number of carbonyl (C=O) groups excluding carboxylic acids is 3. The zero-order valence-corrected chi connectivity index (χ0v) is 19.1. The summed E-state index contributed by atoms with van der Waals surface area (Å²) in [6.45, 7) is 3.07. The number of rotatable bonds is 4. The summed E-state index contributed by atoms with van der Waals surface area (Å²) < 4.78 is 33.0. The normalized spacial score (nSPS) is 17.3. The van der Waals surface area contributed by atoms with E-state index in [4.69, 9.17) is 4.74 Å². The quantitative estimate of drug-likeness (QED) is 0.254. The number of hydrogen-bond donors (Lipinski definition) is 1. The number of nitrogens with zero attached hydrogens (tertiary/aromatic N) is 2. The van der Waals surface area contributed by atoms with Gasteiger partial charge in [-0.1, -0.05) is 35.6 Å². The summed E-state index contributed by atoms with van der Waals surface area (Å²) in [4.78, 5) is 43.6. The molecule has 174 valence electrons. The number of halogens is 2. The highest BCUT2D eigenvalue weighted by atomic mass is 32.1. The lowest BCUT2D eigenvalue weighted by molar-refractivity contribution is -0.132. The van der Waals surface area contributed by atoms with E-state index in [0.29, 0.717) is 5.56 Å². The number of ether oxygens (including phenoxy) is 1. The Hall–Kier alpha value is -3.92. The number of thiazole rings is 1. The molecule has 1 saturated heterocycles. The highest BCUT2D eigenvalue weighted by Crippen LogP contribution is 2.44. The first-order chi connectivity index (χ1) is 16.1. The van der Waals surface area contributed by atoms with Gasteiger partial charge in [-0.15, -0.1) is 0 Å². The van der Waals surface area contributed by atoms with E-state index in [1.54, 1.807) is 0 Å². The fraction of sp³-hybridized carbons (Fsp3) is 0.167. The molecule has 1 aromatic heterocycles. The van der Waals surface area contributed by atoms with Gasteiger partial charge in [0, 0.05) is 5.56 Å². The molecule has 1 unspecified atom stereocenters. The number of ketones is 1. The number of anilines is 1. The van der Waals surface area contributed by atoms with E-state index >= 15 is 0 Å². The molecule has 4 rings (SSSR count). The van der Waals surface area contributed by atoms with Gasteiger partial charge in [0.05, 0.1) is 24.4 Å². The SMILES string of the molecule is COC(=O)c1sc(N2C(=O)C(=O)C(=C(O)c3ccc(C)c(F)c3)C2c2cccc(F)c2)nc1C. The Morgan fingerprint density at radius 2 is 1.88 bits per heavy atom. The third-order valence-corrected chi connectivity index (χ3v) is 6.55. The summed E-state index contributed by atoms with van der Waals surface area (Å²) >= 11 is 0.821. The van der Waals surface area contributed by atoms with Gasteiger partial charge in [-0.3, -0.25) is 14.5 Å². The van der Waals surface area contributed by atoms with Crippen LogP contribution in [0.1, 0.15) is 38.1 Å². The molecule has 1 N–H and O–H groups in total. The second kappa shape index (κ2) is 8.79. The molecule has 0 radical (unpaired) electrons. The molecular weight excluding hydrogens is 466 g/mol. The Morgan fingerprint density at radius 3 is 2.53 bits per heavy atom. The summed E-state index contributed by atoms with van der Waals surface area (Å²) in [5.41, 5.74) is 0.403. The molecular formula is C24H18F2N2O5S. The van der Waals surface area contributed by atoms with Gasteiger partial charge in [-0.05, 0) is 43.2 Å². The Bertz CT molecular complexity index is 1380. The lowest BCUT2D eigenvalue weighted by Gasteiger charge is -2.23. The smallest absolute Gasteiger partial charge is 0.350 e. The fourth-order valence-electron chi connectivity index (χ4n) is 3.68. The summed E-state index contributed by atoms with van der Waals surface area (Å²) in [6, 6.07) is 7.79. The predicted molar refractivity (Wildman–Crippen MR) is 121 cm³/mol. The van der Waals surface area contributed by atoms with Crippen LogP contribution in [0.5, 0.6) is 0 Å². The van der Waals surface area contributed by atoms with Crippen LogP contribution in [0.15, 0.2) is 48.0 Å². The minimum Gasteiger partial charge on any atom is -0.507 e. The standard InChI is InChI=1S/C24H18F2N2O5S/c1-11-7-8-14(10-16(11)26)19(29)17-18(13-5-4-6-15(25)9-13)28(22(31)20(17)30)24-27-12(2)21(34-24)23(32)33-3/h4-10,18,29H,1-3H3. The third kappa shape index (κ3) is 3.86. The zero-order valence-electron chi connectivity index (χ0n) is 18.3. The van der Waals surface area contributed by atoms with Crippen LogP contribution in [0.25, 0.3) is 5.76 Å². The summed E-state index contributed by atoms with van der Waals surface area (Å²) in [6.07, 6.45) is 0. The van der Waals surface area contributed by atoms with Crippen molar-refractivity contribution in [3.05, 3.63) is 86.9 Å². The molecule has 2 aromatic carbocycles. The zero-order chi connectivity index (χ0) is 24.7. The molecule has 3 aromatic rings. The number of aliphatic hydroxyl groups excluding tert-OH is 1. The molecule has 1 aliphatic heterocycles. The predicted octanol–water partition coefficient (Wildman–Crippen LogP) is 4.45. The van der Waals surface area contributed by atoms with Gasteiger partial charge < -0.3 is 9.84 Å². The van der Waals surface area contributed by atoms with Gasteiger partial charge in [0.2, 0.25) is 0 Å². The van der Waals surface area contributed by atoms with E-state index in [2.05, 4.69) is 4.98 Å². The van der Waals surface area contributed by atoms with Crippen molar-refractivity contribution in [2.75, 3.05) is 12.0 Å². The molecule has 7 nitrogen and oxygen atoms in total. The van der Waals surface area contributed by atoms with Gasteiger partial charge in [0.25, 0.3) is 5.78 Å². The number of amides is 1. The van der Waals surface area contributed by atoms with Crippen molar-refractivity contribution in [3.8, 4) is 0 Å². The van der Waals surface area contributed by atoms with Crippen molar-refractivity contribution in [1.29, 1.82) is 0 Å². The van der Waals surface area contributed by atoms with Crippen LogP contribution < -0.4 is 4.90 Å². The molecule has 1 aliphatic rings. The molecule has 34 heavy (non-hydrogen) atoms. The van der Waals surface area contributed by atoms with Crippen LogP contribution >= 0.6 is 11.3 Å². The first-order valence-corrected chi connectivity index (χ1v) is 10.8. The van der Waals surface area contributed by atoms with Crippen molar-refractivity contribution in [1.82, 2.24) is 4.98 Å². The van der Waals surface area contributed by atoms with Crippen molar-refractivity contribution in [2.45, 2.75) is 19.9 Å². The Kier molecular flexibility index (Phi) is 6.01.